The number of carboxylic acids is 1. The van der Waals surface area contributed by atoms with Gasteiger partial charge in [0.1, 0.15) is 0 Å². The molecule has 19 heavy (non-hydrogen) atoms. The van der Waals surface area contributed by atoms with Crippen LogP contribution in [0.4, 0.5) is 0 Å². The Balaban J connectivity index is 1.99. The summed E-state index contributed by atoms with van der Waals surface area (Å²) in [6, 6.07) is 5.31. The van der Waals surface area contributed by atoms with Crippen molar-refractivity contribution in [2.24, 2.45) is 11.8 Å². The maximum atomic E-state index is 12.1. The molecule has 1 fully saturated rings. The van der Waals surface area contributed by atoms with Crippen molar-refractivity contribution < 1.29 is 14.7 Å². The molecule has 0 unspecified atom stereocenters. The molecule has 2 rings (SSSR count). The number of hydrogen-bond donors (Lipinski definition) is 2. The van der Waals surface area contributed by atoms with E-state index in [1.54, 1.807) is 6.20 Å². The zero-order valence-corrected chi connectivity index (χ0v) is 10.9. The minimum Gasteiger partial charge on any atom is -0.481 e. The molecule has 0 bridgehead atoms. The first-order valence-corrected chi connectivity index (χ1v) is 6.53. The highest BCUT2D eigenvalue weighted by Crippen LogP contribution is 2.32. The van der Waals surface area contributed by atoms with Gasteiger partial charge in [-0.3, -0.25) is 14.6 Å². The Morgan fingerprint density at radius 1 is 1.37 bits per heavy atom. The van der Waals surface area contributed by atoms with E-state index < -0.39 is 17.8 Å². The van der Waals surface area contributed by atoms with Crippen LogP contribution in [-0.4, -0.2) is 22.0 Å². The summed E-state index contributed by atoms with van der Waals surface area (Å²) in [4.78, 5) is 27.4. The molecule has 1 aromatic heterocycles. The monoisotopic (exact) mass is 262 g/mol. The fraction of sp³-hybridized carbons (Fsp3) is 0.500. The highest BCUT2D eigenvalue weighted by atomic mass is 16.4. The van der Waals surface area contributed by atoms with Crippen LogP contribution in [0.15, 0.2) is 24.4 Å². The molecular weight excluding hydrogens is 244 g/mol. The summed E-state index contributed by atoms with van der Waals surface area (Å²) in [6.07, 6.45) is 3.71. The quantitative estimate of drug-likeness (QED) is 0.866. The number of rotatable bonds is 4. The Morgan fingerprint density at radius 3 is 2.74 bits per heavy atom. The van der Waals surface area contributed by atoms with Crippen molar-refractivity contribution in [3.05, 3.63) is 30.1 Å². The van der Waals surface area contributed by atoms with E-state index >= 15 is 0 Å². The highest BCUT2D eigenvalue weighted by Gasteiger charge is 2.38. The zero-order chi connectivity index (χ0) is 13.8. The summed E-state index contributed by atoms with van der Waals surface area (Å²) in [6.45, 7) is 1.85. The topological polar surface area (TPSA) is 79.3 Å². The number of nitrogens with zero attached hydrogens (tertiary/aromatic N) is 1. The number of aliphatic carboxylic acids is 1. The number of aromatic nitrogens is 1. The van der Waals surface area contributed by atoms with E-state index in [4.69, 9.17) is 5.11 Å². The van der Waals surface area contributed by atoms with Gasteiger partial charge in [0.2, 0.25) is 5.91 Å². The molecular formula is C14H18N2O3. The van der Waals surface area contributed by atoms with E-state index in [2.05, 4.69) is 10.3 Å². The van der Waals surface area contributed by atoms with Crippen molar-refractivity contribution in [2.45, 2.75) is 32.2 Å². The van der Waals surface area contributed by atoms with E-state index in [-0.39, 0.29) is 11.9 Å². The SMILES string of the molecule is C[C@@H](NC(=O)[C@@H]1CCC[C@@H]1C(=O)O)c1ccccn1. The lowest BCUT2D eigenvalue weighted by Gasteiger charge is -2.19. The van der Waals surface area contributed by atoms with Crippen LogP contribution in [0.1, 0.15) is 37.9 Å². The highest BCUT2D eigenvalue weighted by molar-refractivity contribution is 5.85. The van der Waals surface area contributed by atoms with Crippen LogP contribution in [0.2, 0.25) is 0 Å². The third kappa shape index (κ3) is 3.10. The minimum absolute atomic E-state index is 0.178. The van der Waals surface area contributed by atoms with Crippen molar-refractivity contribution >= 4 is 11.9 Å². The number of carbonyl (C=O) groups excluding carboxylic acids is 1. The van der Waals surface area contributed by atoms with Crippen LogP contribution < -0.4 is 5.32 Å². The molecule has 102 valence electrons. The number of hydrogen-bond acceptors (Lipinski definition) is 3. The van der Waals surface area contributed by atoms with Gasteiger partial charge in [-0.05, 0) is 31.9 Å². The van der Waals surface area contributed by atoms with Gasteiger partial charge in [-0.1, -0.05) is 12.5 Å². The molecule has 1 saturated carbocycles. The fourth-order valence-electron chi connectivity index (χ4n) is 2.60. The Morgan fingerprint density at radius 2 is 2.11 bits per heavy atom. The molecule has 0 spiro atoms. The van der Waals surface area contributed by atoms with Crippen LogP contribution in [-0.2, 0) is 9.59 Å². The van der Waals surface area contributed by atoms with Crippen LogP contribution >= 0.6 is 0 Å². The van der Waals surface area contributed by atoms with Gasteiger partial charge in [-0.2, -0.15) is 0 Å². The smallest absolute Gasteiger partial charge is 0.307 e. The summed E-state index contributed by atoms with van der Waals surface area (Å²) in [5.74, 6) is -2.01. The Kier molecular flexibility index (Phi) is 4.14. The van der Waals surface area contributed by atoms with E-state index in [9.17, 15) is 9.59 Å². The Bertz CT molecular complexity index is 461. The predicted molar refractivity (Wildman–Crippen MR) is 69.3 cm³/mol. The van der Waals surface area contributed by atoms with E-state index in [1.165, 1.54) is 0 Å². The van der Waals surface area contributed by atoms with Crippen LogP contribution in [0, 0.1) is 11.8 Å². The van der Waals surface area contributed by atoms with Crippen LogP contribution in [0.25, 0.3) is 0 Å². The standard InChI is InChI=1S/C14H18N2O3/c1-9(12-7-2-3-8-15-12)16-13(17)10-5-4-6-11(10)14(18)19/h2-3,7-11H,4-6H2,1H3,(H,16,17)(H,18,19)/t9-,10-,11+/m1/s1. The van der Waals surface area contributed by atoms with Crippen LogP contribution in [0.5, 0.6) is 0 Å². The maximum absolute atomic E-state index is 12.1. The van der Waals surface area contributed by atoms with Crippen LogP contribution in [0.3, 0.4) is 0 Å². The second-order valence-electron chi connectivity index (χ2n) is 4.97. The van der Waals surface area contributed by atoms with Crippen molar-refractivity contribution in [1.82, 2.24) is 10.3 Å². The summed E-state index contributed by atoms with van der Waals surface area (Å²) in [7, 11) is 0. The van der Waals surface area contributed by atoms with Gasteiger partial charge >= 0.3 is 5.97 Å². The summed E-state index contributed by atoms with van der Waals surface area (Å²) >= 11 is 0. The largest absolute Gasteiger partial charge is 0.481 e. The van der Waals surface area contributed by atoms with E-state index in [0.717, 1.165) is 12.1 Å². The van der Waals surface area contributed by atoms with Gasteiger partial charge in [0.15, 0.2) is 0 Å². The molecule has 1 amide bonds. The second kappa shape index (κ2) is 5.82. The van der Waals surface area contributed by atoms with Crippen molar-refractivity contribution in [3.8, 4) is 0 Å². The molecule has 0 saturated heterocycles. The predicted octanol–water partition coefficient (Wildman–Crippen LogP) is 1.76. The third-order valence-corrected chi connectivity index (χ3v) is 3.66. The molecule has 3 atom stereocenters. The van der Waals surface area contributed by atoms with E-state index in [1.807, 2.05) is 25.1 Å². The molecule has 2 N–H and O–H groups in total. The normalized spacial score (nSPS) is 23.8. The molecule has 1 heterocycles. The molecule has 0 radical (unpaired) electrons. The van der Waals surface area contributed by atoms with Crippen molar-refractivity contribution in [3.63, 3.8) is 0 Å². The summed E-state index contributed by atoms with van der Waals surface area (Å²) in [5, 5.41) is 11.9. The molecule has 1 aliphatic carbocycles. The molecule has 1 aliphatic rings. The van der Waals surface area contributed by atoms with Gasteiger partial charge < -0.3 is 10.4 Å². The molecule has 5 heteroatoms. The Labute approximate surface area is 112 Å². The van der Waals surface area contributed by atoms with Crippen molar-refractivity contribution in [1.29, 1.82) is 0 Å². The second-order valence-corrected chi connectivity index (χ2v) is 4.97. The summed E-state index contributed by atoms with van der Waals surface area (Å²) < 4.78 is 0. The molecule has 1 aromatic rings. The van der Waals surface area contributed by atoms with Crippen molar-refractivity contribution in [2.75, 3.05) is 0 Å². The maximum Gasteiger partial charge on any atom is 0.307 e. The van der Waals surface area contributed by atoms with E-state index in [0.29, 0.717) is 12.8 Å². The lowest BCUT2D eigenvalue weighted by Crippen LogP contribution is -2.36. The number of nitrogens with one attached hydrogen (secondary N) is 1. The van der Waals surface area contributed by atoms with Gasteiger partial charge in [-0.15, -0.1) is 0 Å². The lowest BCUT2D eigenvalue weighted by molar-refractivity contribution is -0.146. The lowest BCUT2D eigenvalue weighted by atomic mass is 9.95. The minimum atomic E-state index is -0.872. The average Bonchev–Trinajstić information content (AvgIpc) is 2.89. The average molecular weight is 262 g/mol. The number of carbonyl (C=O) groups is 2. The van der Waals surface area contributed by atoms with Gasteiger partial charge in [0.05, 0.1) is 23.6 Å². The first kappa shape index (κ1) is 13.5. The molecule has 5 nitrogen and oxygen atoms in total. The molecule has 0 aliphatic heterocycles. The number of pyridine rings is 1. The van der Waals surface area contributed by atoms with Gasteiger partial charge in [0, 0.05) is 6.20 Å². The number of amides is 1. The Hall–Kier alpha value is -1.91. The fourth-order valence-corrected chi connectivity index (χ4v) is 2.60. The number of carboxylic acid groups (broad SMARTS) is 1. The first-order valence-electron chi connectivity index (χ1n) is 6.53. The summed E-state index contributed by atoms with van der Waals surface area (Å²) in [5.41, 5.74) is 0.778. The third-order valence-electron chi connectivity index (χ3n) is 3.66. The molecule has 0 aromatic carbocycles. The zero-order valence-electron chi connectivity index (χ0n) is 10.9. The van der Waals surface area contributed by atoms with Gasteiger partial charge in [0.25, 0.3) is 0 Å². The van der Waals surface area contributed by atoms with Gasteiger partial charge in [-0.25, -0.2) is 0 Å². The first-order chi connectivity index (χ1) is 9.09.